The Morgan fingerprint density at radius 1 is 1.38 bits per heavy atom. The molecule has 0 unspecified atom stereocenters. The van der Waals surface area contributed by atoms with E-state index in [-0.39, 0.29) is 6.73 Å². The van der Waals surface area contributed by atoms with E-state index in [9.17, 15) is 0 Å². The summed E-state index contributed by atoms with van der Waals surface area (Å²) in [5.41, 5.74) is 2.51. The SMILES string of the molecule is COc1ccc(C(C)C)cc1CCNCO. The molecule has 0 aliphatic carbocycles. The summed E-state index contributed by atoms with van der Waals surface area (Å²) < 4.78 is 5.32. The molecule has 90 valence electrons. The van der Waals surface area contributed by atoms with E-state index in [0.29, 0.717) is 5.92 Å². The van der Waals surface area contributed by atoms with Crippen LogP contribution in [0.15, 0.2) is 18.2 Å². The van der Waals surface area contributed by atoms with Crippen molar-refractivity contribution in [3.8, 4) is 5.75 Å². The minimum Gasteiger partial charge on any atom is -0.496 e. The normalized spacial score (nSPS) is 10.8. The molecule has 0 radical (unpaired) electrons. The smallest absolute Gasteiger partial charge is 0.122 e. The highest BCUT2D eigenvalue weighted by atomic mass is 16.5. The summed E-state index contributed by atoms with van der Waals surface area (Å²) in [4.78, 5) is 0. The number of aliphatic hydroxyl groups excluding tert-OH is 1. The fraction of sp³-hybridized carbons (Fsp3) is 0.538. The van der Waals surface area contributed by atoms with Gasteiger partial charge in [0, 0.05) is 6.54 Å². The average Bonchev–Trinajstić information content (AvgIpc) is 2.29. The Balaban J connectivity index is 2.80. The molecule has 0 atom stereocenters. The molecular formula is C13H21NO2. The Morgan fingerprint density at radius 2 is 2.12 bits per heavy atom. The summed E-state index contributed by atoms with van der Waals surface area (Å²) in [7, 11) is 1.69. The summed E-state index contributed by atoms with van der Waals surface area (Å²) in [5.74, 6) is 1.44. The second-order valence-electron chi connectivity index (χ2n) is 4.13. The number of ether oxygens (including phenoxy) is 1. The van der Waals surface area contributed by atoms with Gasteiger partial charge < -0.3 is 9.84 Å². The predicted octanol–water partition coefficient (Wildman–Crippen LogP) is 1.90. The van der Waals surface area contributed by atoms with Crippen LogP contribution in [-0.2, 0) is 6.42 Å². The van der Waals surface area contributed by atoms with Crippen LogP contribution in [0.1, 0.15) is 30.9 Å². The van der Waals surface area contributed by atoms with Crippen LogP contribution in [-0.4, -0.2) is 25.5 Å². The number of hydrogen-bond donors (Lipinski definition) is 2. The van der Waals surface area contributed by atoms with Crippen LogP contribution < -0.4 is 10.1 Å². The van der Waals surface area contributed by atoms with Crippen LogP contribution in [0.4, 0.5) is 0 Å². The Hall–Kier alpha value is -1.06. The number of hydrogen-bond acceptors (Lipinski definition) is 3. The molecule has 0 heterocycles. The molecular weight excluding hydrogens is 202 g/mol. The monoisotopic (exact) mass is 223 g/mol. The molecule has 0 saturated heterocycles. The van der Waals surface area contributed by atoms with Gasteiger partial charge in [0.25, 0.3) is 0 Å². The number of methoxy groups -OCH3 is 1. The summed E-state index contributed by atoms with van der Waals surface area (Å²) in [6.45, 7) is 5.13. The average molecular weight is 223 g/mol. The molecule has 0 fully saturated rings. The lowest BCUT2D eigenvalue weighted by molar-refractivity contribution is 0.261. The van der Waals surface area contributed by atoms with Gasteiger partial charge in [0.1, 0.15) is 5.75 Å². The first kappa shape index (κ1) is 13.0. The predicted molar refractivity (Wildman–Crippen MR) is 65.9 cm³/mol. The van der Waals surface area contributed by atoms with E-state index in [2.05, 4.69) is 31.3 Å². The molecule has 0 amide bonds. The maximum Gasteiger partial charge on any atom is 0.122 e. The van der Waals surface area contributed by atoms with Gasteiger partial charge in [-0.2, -0.15) is 0 Å². The molecule has 1 rings (SSSR count). The zero-order chi connectivity index (χ0) is 12.0. The van der Waals surface area contributed by atoms with Crippen LogP contribution in [0, 0.1) is 0 Å². The molecule has 2 N–H and O–H groups in total. The van der Waals surface area contributed by atoms with Crippen molar-refractivity contribution in [2.24, 2.45) is 0 Å². The number of aliphatic hydroxyl groups is 1. The van der Waals surface area contributed by atoms with Crippen LogP contribution in [0.2, 0.25) is 0 Å². The second kappa shape index (κ2) is 6.51. The van der Waals surface area contributed by atoms with Gasteiger partial charge in [-0.15, -0.1) is 0 Å². The Bertz CT molecular complexity index is 324. The highest BCUT2D eigenvalue weighted by Gasteiger charge is 2.06. The molecule has 0 aliphatic heterocycles. The zero-order valence-corrected chi connectivity index (χ0v) is 10.3. The second-order valence-corrected chi connectivity index (χ2v) is 4.13. The lowest BCUT2D eigenvalue weighted by Crippen LogP contribution is -2.18. The molecule has 1 aromatic carbocycles. The summed E-state index contributed by atoms with van der Waals surface area (Å²) in [6.07, 6.45) is 0.865. The number of nitrogens with one attached hydrogen (secondary N) is 1. The molecule has 0 spiro atoms. The number of rotatable bonds is 6. The Labute approximate surface area is 97.4 Å². The maximum atomic E-state index is 8.67. The van der Waals surface area contributed by atoms with Crippen LogP contribution >= 0.6 is 0 Å². The van der Waals surface area contributed by atoms with Gasteiger partial charge >= 0.3 is 0 Å². The van der Waals surface area contributed by atoms with Crippen LogP contribution in [0.5, 0.6) is 5.75 Å². The first-order chi connectivity index (χ1) is 7.69. The largest absolute Gasteiger partial charge is 0.496 e. The number of benzene rings is 1. The maximum absolute atomic E-state index is 8.67. The van der Waals surface area contributed by atoms with Crippen molar-refractivity contribution in [1.29, 1.82) is 0 Å². The molecule has 0 aliphatic rings. The van der Waals surface area contributed by atoms with Crippen molar-refractivity contribution in [1.82, 2.24) is 5.32 Å². The van der Waals surface area contributed by atoms with Crippen molar-refractivity contribution in [2.75, 3.05) is 20.4 Å². The van der Waals surface area contributed by atoms with E-state index >= 15 is 0 Å². The van der Waals surface area contributed by atoms with E-state index in [1.54, 1.807) is 7.11 Å². The van der Waals surface area contributed by atoms with Gasteiger partial charge in [-0.05, 0) is 29.5 Å². The quantitative estimate of drug-likeness (QED) is 0.571. The molecule has 3 heteroatoms. The molecule has 0 saturated carbocycles. The summed E-state index contributed by atoms with van der Waals surface area (Å²) in [5, 5.41) is 11.6. The van der Waals surface area contributed by atoms with Gasteiger partial charge in [0.05, 0.1) is 13.8 Å². The zero-order valence-electron chi connectivity index (χ0n) is 10.3. The third kappa shape index (κ3) is 3.51. The van der Waals surface area contributed by atoms with E-state index < -0.39 is 0 Å². The highest BCUT2D eigenvalue weighted by Crippen LogP contribution is 2.24. The van der Waals surface area contributed by atoms with E-state index in [0.717, 1.165) is 18.7 Å². The first-order valence-electron chi connectivity index (χ1n) is 5.67. The van der Waals surface area contributed by atoms with Gasteiger partial charge in [-0.3, -0.25) is 5.32 Å². The van der Waals surface area contributed by atoms with Gasteiger partial charge in [-0.1, -0.05) is 26.0 Å². The third-order valence-electron chi connectivity index (χ3n) is 2.65. The van der Waals surface area contributed by atoms with Crippen molar-refractivity contribution in [3.63, 3.8) is 0 Å². The molecule has 3 nitrogen and oxygen atoms in total. The summed E-state index contributed by atoms with van der Waals surface area (Å²) in [6, 6.07) is 6.30. The third-order valence-corrected chi connectivity index (χ3v) is 2.65. The molecule has 1 aromatic rings. The summed E-state index contributed by atoms with van der Waals surface area (Å²) >= 11 is 0. The van der Waals surface area contributed by atoms with Gasteiger partial charge in [-0.25, -0.2) is 0 Å². The van der Waals surface area contributed by atoms with E-state index in [4.69, 9.17) is 9.84 Å². The Morgan fingerprint density at radius 3 is 2.69 bits per heavy atom. The van der Waals surface area contributed by atoms with Gasteiger partial charge in [0.2, 0.25) is 0 Å². The Kier molecular flexibility index (Phi) is 5.29. The van der Waals surface area contributed by atoms with Crippen molar-refractivity contribution in [3.05, 3.63) is 29.3 Å². The topological polar surface area (TPSA) is 41.5 Å². The standard InChI is InChI=1S/C13H21NO2/c1-10(2)11-4-5-13(16-3)12(8-11)6-7-14-9-15/h4-5,8,10,14-15H,6-7,9H2,1-3H3. The van der Waals surface area contributed by atoms with E-state index in [1.165, 1.54) is 11.1 Å². The minimum atomic E-state index is 0.0200. The van der Waals surface area contributed by atoms with E-state index in [1.807, 2.05) is 6.07 Å². The van der Waals surface area contributed by atoms with Crippen molar-refractivity contribution in [2.45, 2.75) is 26.2 Å². The van der Waals surface area contributed by atoms with Crippen LogP contribution in [0.3, 0.4) is 0 Å². The van der Waals surface area contributed by atoms with Crippen molar-refractivity contribution < 1.29 is 9.84 Å². The molecule has 0 bridgehead atoms. The van der Waals surface area contributed by atoms with Crippen LogP contribution in [0.25, 0.3) is 0 Å². The minimum absolute atomic E-state index is 0.0200. The lowest BCUT2D eigenvalue weighted by atomic mass is 9.99. The molecule has 16 heavy (non-hydrogen) atoms. The fourth-order valence-corrected chi connectivity index (χ4v) is 1.66. The van der Waals surface area contributed by atoms with Crippen molar-refractivity contribution >= 4 is 0 Å². The highest BCUT2D eigenvalue weighted by molar-refractivity contribution is 5.38. The lowest BCUT2D eigenvalue weighted by Gasteiger charge is -2.12. The van der Waals surface area contributed by atoms with Gasteiger partial charge in [0.15, 0.2) is 0 Å². The fourth-order valence-electron chi connectivity index (χ4n) is 1.66. The molecule has 0 aromatic heterocycles. The first-order valence-corrected chi connectivity index (χ1v) is 5.67.